The zero-order valence-corrected chi connectivity index (χ0v) is 15.3. The van der Waals surface area contributed by atoms with Gasteiger partial charge < -0.3 is 15.0 Å². The van der Waals surface area contributed by atoms with Crippen LogP contribution in [0.1, 0.15) is 6.42 Å². The lowest BCUT2D eigenvalue weighted by atomic mass is 10.2. The van der Waals surface area contributed by atoms with Crippen LogP contribution in [0, 0.1) is 11.6 Å². The summed E-state index contributed by atoms with van der Waals surface area (Å²) in [5, 5.41) is 2.60. The van der Waals surface area contributed by atoms with Gasteiger partial charge in [0.25, 0.3) is 0 Å². The minimum atomic E-state index is -0.970. The maximum Gasteiger partial charge on any atom is 0.225 e. The number of anilines is 2. The van der Waals surface area contributed by atoms with E-state index in [0.717, 1.165) is 49.7 Å². The molecule has 2 aromatic rings. The van der Waals surface area contributed by atoms with E-state index in [2.05, 4.69) is 15.1 Å². The Morgan fingerprint density at radius 1 is 1.04 bits per heavy atom. The van der Waals surface area contributed by atoms with Crippen molar-refractivity contribution >= 4 is 17.3 Å². The number of nitrogens with zero attached hydrogens (tertiary/aromatic N) is 2. The van der Waals surface area contributed by atoms with Crippen molar-refractivity contribution in [2.24, 2.45) is 0 Å². The van der Waals surface area contributed by atoms with E-state index in [0.29, 0.717) is 13.0 Å². The van der Waals surface area contributed by atoms with Gasteiger partial charge in [0.1, 0.15) is 5.75 Å². The largest absolute Gasteiger partial charge is 0.497 e. The monoisotopic (exact) mass is 375 g/mol. The summed E-state index contributed by atoms with van der Waals surface area (Å²) in [6, 6.07) is 11.3. The molecule has 1 amide bonds. The molecule has 1 aliphatic heterocycles. The Kier molecular flexibility index (Phi) is 6.24. The molecule has 0 spiro atoms. The van der Waals surface area contributed by atoms with Crippen molar-refractivity contribution in [2.45, 2.75) is 6.42 Å². The van der Waals surface area contributed by atoms with E-state index in [1.807, 2.05) is 24.3 Å². The van der Waals surface area contributed by atoms with Gasteiger partial charge >= 0.3 is 0 Å². The van der Waals surface area contributed by atoms with E-state index in [9.17, 15) is 13.6 Å². The predicted molar refractivity (Wildman–Crippen MR) is 101 cm³/mol. The quantitative estimate of drug-likeness (QED) is 0.843. The van der Waals surface area contributed by atoms with Gasteiger partial charge in [0.2, 0.25) is 5.91 Å². The topological polar surface area (TPSA) is 44.8 Å². The lowest BCUT2D eigenvalue weighted by molar-refractivity contribution is -0.116. The molecular formula is C20H23F2N3O2. The molecule has 3 rings (SSSR count). The number of methoxy groups -OCH3 is 1. The molecule has 5 nitrogen and oxygen atoms in total. The zero-order chi connectivity index (χ0) is 19.2. The number of piperazine rings is 1. The molecule has 144 valence electrons. The van der Waals surface area contributed by atoms with Gasteiger partial charge in [0.15, 0.2) is 11.6 Å². The molecule has 0 radical (unpaired) electrons. The minimum Gasteiger partial charge on any atom is -0.497 e. The molecule has 1 aliphatic rings. The van der Waals surface area contributed by atoms with E-state index in [4.69, 9.17) is 4.74 Å². The van der Waals surface area contributed by atoms with Crippen molar-refractivity contribution in [1.82, 2.24) is 4.90 Å². The first-order valence-corrected chi connectivity index (χ1v) is 8.91. The normalized spacial score (nSPS) is 14.9. The third kappa shape index (κ3) is 5.17. The van der Waals surface area contributed by atoms with Crippen molar-refractivity contribution in [1.29, 1.82) is 0 Å². The summed E-state index contributed by atoms with van der Waals surface area (Å²) >= 11 is 0. The van der Waals surface area contributed by atoms with Crippen LogP contribution in [0.15, 0.2) is 42.5 Å². The van der Waals surface area contributed by atoms with E-state index >= 15 is 0 Å². The van der Waals surface area contributed by atoms with Crippen LogP contribution in [0.2, 0.25) is 0 Å². The van der Waals surface area contributed by atoms with Gasteiger partial charge in [-0.3, -0.25) is 9.69 Å². The van der Waals surface area contributed by atoms with Crippen LogP contribution in [0.4, 0.5) is 20.2 Å². The Morgan fingerprint density at radius 3 is 2.37 bits per heavy atom. The molecule has 1 fully saturated rings. The molecule has 1 N–H and O–H groups in total. The summed E-state index contributed by atoms with van der Waals surface area (Å²) in [5.41, 5.74) is 1.43. The summed E-state index contributed by atoms with van der Waals surface area (Å²) in [5.74, 6) is -1.27. The number of benzene rings is 2. The predicted octanol–water partition coefficient (Wildman–Crippen LogP) is 3.12. The second-order valence-corrected chi connectivity index (χ2v) is 6.45. The Morgan fingerprint density at radius 2 is 1.74 bits per heavy atom. The molecule has 0 aliphatic carbocycles. The third-order valence-electron chi connectivity index (χ3n) is 4.67. The number of hydrogen-bond acceptors (Lipinski definition) is 4. The van der Waals surface area contributed by atoms with E-state index in [1.54, 1.807) is 7.11 Å². The maximum atomic E-state index is 13.2. The van der Waals surface area contributed by atoms with Crippen LogP contribution in [0.5, 0.6) is 5.75 Å². The number of nitrogens with one attached hydrogen (secondary N) is 1. The highest BCUT2D eigenvalue weighted by Crippen LogP contribution is 2.20. The number of carbonyl (C=O) groups excluding carboxylic acids is 1. The van der Waals surface area contributed by atoms with Gasteiger partial charge in [-0.15, -0.1) is 0 Å². The van der Waals surface area contributed by atoms with Crippen molar-refractivity contribution in [2.75, 3.05) is 50.1 Å². The number of hydrogen-bond donors (Lipinski definition) is 1. The molecular weight excluding hydrogens is 352 g/mol. The molecule has 7 heteroatoms. The second-order valence-electron chi connectivity index (χ2n) is 6.45. The Bertz CT molecular complexity index is 775. The van der Waals surface area contributed by atoms with E-state index in [1.165, 1.54) is 6.07 Å². The number of rotatable bonds is 6. The molecule has 0 saturated carbocycles. The average Bonchev–Trinajstić information content (AvgIpc) is 2.70. The first-order valence-electron chi connectivity index (χ1n) is 8.91. The van der Waals surface area contributed by atoms with Crippen LogP contribution in [-0.2, 0) is 4.79 Å². The first kappa shape index (κ1) is 19.1. The van der Waals surface area contributed by atoms with Gasteiger partial charge in [0, 0.05) is 56.6 Å². The molecule has 27 heavy (non-hydrogen) atoms. The lowest BCUT2D eigenvalue weighted by Gasteiger charge is -2.36. The molecule has 1 saturated heterocycles. The van der Waals surface area contributed by atoms with Crippen LogP contribution in [0.3, 0.4) is 0 Å². The summed E-state index contributed by atoms with van der Waals surface area (Å²) < 4.78 is 31.3. The summed E-state index contributed by atoms with van der Waals surface area (Å²) in [7, 11) is 1.65. The maximum absolute atomic E-state index is 13.2. The van der Waals surface area contributed by atoms with Crippen molar-refractivity contribution in [3.63, 3.8) is 0 Å². The van der Waals surface area contributed by atoms with Gasteiger partial charge in [-0.25, -0.2) is 8.78 Å². The fourth-order valence-corrected chi connectivity index (χ4v) is 3.08. The first-order chi connectivity index (χ1) is 13.0. The van der Waals surface area contributed by atoms with Crippen LogP contribution in [-0.4, -0.2) is 50.6 Å². The third-order valence-corrected chi connectivity index (χ3v) is 4.67. The smallest absolute Gasteiger partial charge is 0.225 e. The summed E-state index contributed by atoms with van der Waals surface area (Å²) in [6.45, 7) is 4.13. The highest BCUT2D eigenvalue weighted by Gasteiger charge is 2.18. The average molecular weight is 375 g/mol. The van der Waals surface area contributed by atoms with E-state index < -0.39 is 11.6 Å². The SMILES string of the molecule is COc1ccc(N2CCN(CCC(=O)Nc3ccc(F)c(F)c3)CC2)cc1. The molecule has 0 bridgehead atoms. The Labute approximate surface area is 157 Å². The number of halogens is 2. The fraction of sp³-hybridized carbons (Fsp3) is 0.350. The molecule has 2 aromatic carbocycles. The van der Waals surface area contributed by atoms with Crippen LogP contribution >= 0.6 is 0 Å². The molecule has 0 atom stereocenters. The van der Waals surface area contributed by atoms with Crippen LogP contribution < -0.4 is 15.0 Å². The van der Waals surface area contributed by atoms with Crippen molar-refractivity contribution < 1.29 is 18.3 Å². The Hall–Kier alpha value is -2.67. The summed E-state index contributed by atoms with van der Waals surface area (Å²) in [6.07, 6.45) is 0.307. The van der Waals surface area contributed by atoms with Gasteiger partial charge in [-0.2, -0.15) is 0 Å². The highest BCUT2D eigenvalue weighted by molar-refractivity contribution is 5.90. The van der Waals surface area contributed by atoms with Crippen molar-refractivity contribution in [3.05, 3.63) is 54.1 Å². The lowest BCUT2D eigenvalue weighted by Crippen LogP contribution is -2.47. The fourth-order valence-electron chi connectivity index (χ4n) is 3.08. The van der Waals surface area contributed by atoms with Gasteiger partial charge in [-0.1, -0.05) is 0 Å². The molecule has 0 aromatic heterocycles. The van der Waals surface area contributed by atoms with E-state index in [-0.39, 0.29) is 11.6 Å². The molecule has 1 heterocycles. The minimum absolute atomic E-state index is 0.210. The number of carbonyl (C=O) groups is 1. The van der Waals surface area contributed by atoms with Gasteiger partial charge in [0.05, 0.1) is 7.11 Å². The molecule has 0 unspecified atom stereocenters. The highest BCUT2D eigenvalue weighted by atomic mass is 19.2. The van der Waals surface area contributed by atoms with Gasteiger partial charge in [-0.05, 0) is 36.4 Å². The second kappa shape index (κ2) is 8.81. The van der Waals surface area contributed by atoms with Crippen LogP contribution in [0.25, 0.3) is 0 Å². The Balaban J connectivity index is 1.42. The number of ether oxygens (including phenoxy) is 1. The summed E-state index contributed by atoms with van der Waals surface area (Å²) in [4.78, 5) is 16.6. The standard InChI is InChI=1S/C20H23F2N3O2/c1-27-17-5-3-16(4-6-17)25-12-10-24(11-13-25)9-8-20(26)23-15-2-7-18(21)19(22)14-15/h2-7,14H,8-13H2,1H3,(H,23,26). The number of amides is 1. The zero-order valence-electron chi connectivity index (χ0n) is 15.3. The van der Waals surface area contributed by atoms with Crippen molar-refractivity contribution in [3.8, 4) is 5.75 Å².